The van der Waals surface area contributed by atoms with Gasteiger partial charge >= 0.3 is 0 Å². The van der Waals surface area contributed by atoms with Gasteiger partial charge in [0.05, 0.1) is 12.7 Å². The molecule has 1 saturated carbocycles. The number of hydrogen-bond donors (Lipinski definition) is 2. The van der Waals surface area contributed by atoms with E-state index in [1.165, 1.54) is 18.4 Å². The smallest absolute Gasteiger partial charge is 0.191 e. The van der Waals surface area contributed by atoms with Gasteiger partial charge in [0, 0.05) is 38.8 Å². The fraction of sp³-hybridized carbons (Fsp3) is 0.667. The van der Waals surface area contributed by atoms with E-state index < -0.39 is 0 Å². The third-order valence-corrected chi connectivity index (χ3v) is 5.69. The lowest BCUT2D eigenvalue weighted by Crippen LogP contribution is -2.45. The first kappa shape index (κ1) is 23.3. The van der Waals surface area contributed by atoms with Crippen molar-refractivity contribution >= 4 is 29.9 Å². The molecule has 1 atom stereocenters. The molecule has 158 valence electrons. The Balaban J connectivity index is 0.00000280. The van der Waals surface area contributed by atoms with Gasteiger partial charge in [-0.3, -0.25) is 4.99 Å². The second-order valence-corrected chi connectivity index (χ2v) is 7.56. The molecule has 7 heteroatoms. The molecule has 1 saturated heterocycles. The molecule has 2 fully saturated rings. The minimum atomic E-state index is -0.177. The van der Waals surface area contributed by atoms with Crippen molar-refractivity contribution in [1.29, 1.82) is 0 Å². The molecular formula is C21H33FIN3O2. The lowest BCUT2D eigenvalue weighted by Gasteiger charge is -2.31. The summed E-state index contributed by atoms with van der Waals surface area (Å²) in [5.41, 5.74) is 1.29. The van der Waals surface area contributed by atoms with Crippen LogP contribution in [0.3, 0.4) is 0 Å². The highest BCUT2D eigenvalue weighted by Crippen LogP contribution is 2.40. The quantitative estimate of drug-likeness (QED) is 0.245. The highest BCUT2D eigenvalue weighted by Gasteiger charge is 2.35. The zero-order chi connectivity index (χ0) is 19.0. The molecule has 1 aliphatic heterocycles. The molecule has 1 unspecified atom stereocenters. The number of ether oxygens (including phenoxy) is 2. The van der Waals surface area contributed by atoms with Gasteiger partial charge in [0.25, 0.3) is 0 Å². The van der Waals surface area contributed by atoms with Crippen LogP contribution >= 0.6 is 24.0 Å². The minimum Gasteiger partial charge on any atom is -0.379 e. The molecule has 0 radical (unpaired) electrons. The minimum absolute atomic E-state index is 0. The first-order valence-electron chi connectivity index (χ1n) is 10.1. The van der Waals surface area contributed by atoms with Crippen LogP contribution < -0.4 is 10.6 Å². The van der Waals surface area contributed by atoms with Crippen LogP contribution in [0.2, 0.25) is 0 Å². The zero-order valence-electron chi connectivity index (χ0n) is 16.7. The Morgan fingerprint density at radius 1 is 1.25 bits per heavy atom. The van der Waals surface area contributed by atoms with Gasteiger partial charge in [-0.1, -0.05) is 25.0 Å². The first-order chi connectivity index (χ1) is 13.2. The van der Waals surface area contributed by atoms with Crippen molar-refractivity contribution in [2.24, 2.45) is 4.99 Å². The van der Waals surface area contributed by atoms with Crippen LogP contribution in [0.1, 0.15) is 44.1 Å². The van der Waals surface area contributed by atoms with Crippen LogP contribution in [0.4, 0.5) is 4.39 Å². The van der Waals surface area contributed by atoms with E-state index in [4.69, 9.17) is 9.47 Å². The molecule has 2 aliphatic rings. The standard InChI is InChI=1S/C21H32FN3O2.HI/c1-23-20(24-12-4-13-27-19-9-14-26-15-19)25-16-21(10-2-3-11-21)17-5-7-18(22)8-6-17;/h5-8,19H,2-4,9-16H2,1H3,(H2,23,24,25);1H. The monoisotopic (exact) mass is 505 g/mol. The van der Waals surface area contributed by atoms with Crippen molar-refractivity contribution in [3.8, 4) is 0 Å². The van der Waals surface area contributed by atoms with Crippen LogP contribution in [0.5, 0.6) is 0 Å². The Bertz CT molecular complexity index is 600. The van der Waals surface area contributed by atoms with Gasteiger partial charge in [-0.2, -0.15) is 0 Å². The van der Waals surface area contributed by atoms with Gasteiger partial charge in [0.1, 0.15) is 5.82 Å². The van der Waals surface area contributed by atoms with E-state index in [1.54, 1.807) is 19.2 Å². The van der Waals surface area contributed by atoms with Crippen molar-refractivity contribution in [2.45, 2.75) is 50.0 Å². The lowest BCUT2D eigenvalue weighted by molar-refractivity contribution is 0.0420. The predicted molar refractivity (Wildman–Crippen MR) is 121 cm³/mol. The molecule has 1 aromatic rings. The highest BCUT2D eigenvalue weighted by molar-refractivity contribution is 14.0. The summed E-state index contributed by atoms with van der Waals surface area (Å²) in [6, 6.07) is 7.00. The topological polar surface area (TPSA) is 54.9 Å². The van der Waals surface area contributed by atoms with E-state index in [0.29, 0.717) is 0 Å². The zero-order valence-corrected chi connectivity index (χ0v) is 19.0. The summed E-state index contributed by atoms with van der Waals surface area (Å²) < 4.78 is 24.4. The second kappa shape index (κ2) is 11.9. The van der Waals surface area contributed by atoms with Gasteiger partial charge in [0.2, 0.25) is 0 Å². The Hall–Kier alpha value is -0.930. The third-order valence-electron chi connectivity index (χ3n) is 5.69. The maximum atomic E-state index is 13.3. The number of aliphatic imine (C=N–C) groups is 1. The molecule has 1 aromatic carbocycles. The molecule has 0 aromatic heterocycles. The van der Waals surface area contributed by atoms with E-state index >= 15 is 0 Å². The van der Waals surface area contributed by atoms with Gasteiger partial charge in [-0.25, -0.2) is 4.39 Å². The SMILES string of the molecule is CN=C(NCCCOC1CCOC1)NCC1(c2ccc(F)cc2)CCCC1.I. The normalized spacial score (nSPS) is 21.4. The second-order valence-electron chi connectivity index (χ2n) is 7.56. The number of nitrogens with zero attached hydrogens (tertiary/aromatic N) is 1. The van der Waals surface area contributed by atoms with Crippen LogP contribution in [-0.2, 0) is 14.9 Å². The maximum Gasteiger partial charge on any atom is 0.191 e. The van der Waals surface area contributed by atoms with E-state index in [9.17, 15) is 4.39 Å². The van der Waals surface area contributed by atoms with E-state index in [-0.39, 0.29) is 41.3 Å². The van der Waals surface area contributed by atoms with E-state index in [1.807, 2.05) is 12.1 Å². The summed E-state index contributed by atoms with van der Waals surface area (Å²) in [7, 11) is 1.79. The molecule has 2 N–H and O–H groups in total. The summed E-state index contributed by atoms with van der Waals surface area (Å²) >= 11 is 0. The summed E-state index contributed by atoms with van der Waals surface area (Å²) in [4.78, 5) is 4.34. The van der Waals surface area contributed by atoms with Crippen LogP contribution in [-0.4, -0.2) is 52.0 Å². The lowest BCUT2D eigenvalue weighted by atomic mass is 9.79. The van der Waals surface area contributed by atoms with Crippen LogP contribution in [0, 0.1) is 5.82 Å². The number of benzene rings is 1. The molecule has 5 nitrogen and oxygen atoms in total. The molecule has 3 rings (SSSR count). The average Bonchev–Trinajstić information content (AvgIpc) is 3.37. The molecule has 0 spiro atoms. The molecule has 0 amide bonds. The first-order valence-corrected chi connectivity index (χ1v) is 10.1. The van der Waals surface area contributed by atoms with Crippen molar-refractivity contribution in [3.63, 3.8) is 0 Å². The number of guanidine groups is 1. The van der Waals surface area contributed by atoms with Gasteiger partial charge in [-0.15, -0.1) is 24.0 Å². The Morgan fingerprint density at radius 2 is 2.00 bits per heavy atom. The van der Waals surface area contributed by atoms with Crippen molar-refractivity contribution in [1.82, 2.24) is 10.6 Å². The average molecular weight is 505 g/mol. The van der Waals surface area contributed by atoms with Gasteiger partial charge in [0.15, 0.2) is 5.96 Å². The Labute approximate surface area is 184 Å². The van der Waals surface area contributed by atoms with Crippen molar-refractivity contribution < 1.29 is 13.9 Å². The Morgan fingerprint density at radius 3 is 2.64 bits per heavy atom. The van der Waals surface area contributed by atoms with Crippen molar-refractivity contribution in [2.75, 3.05) is 40.0 Å². The van der Waals surface area contributed by atoms with Gasteiger partial charge < -0.3 is 20.1 Å². The summed E-state index contributed by atoms with van der Waals surface area (Å²) in [5, 5.41) is 6.85. The molecule has 28 heavy (non-hydrogen) atoms. The molecule has 1 heterocycles. The fourth-order valence-electron chi connectivity index (χ4n) is 4.07. The highest BCUT2D eigenvalue weighted by atomic mass is 127. The number of rotatable bonds is 8. The van der Waals surface area contributed by atoms with Gasteiger partial charge in [-0.05, 0) is 43.4 Å². The fourth-order valence-corrected chi connectivity index (χ4v) is 4.07. The molecule has 1 aliphatic carbocycles. The largest absolute Gasteiger partial charge is 0.379 e. The Kier molecular flexibility index (Phi) is 9.94. The third kappa shape index (κ3) is 6.56. The summed E-state index contributed by atoms with van der Waals surface area (Å²) in [6.45, 7) is 3.90. The van der Waals surface area contributed by atoms with Crippen LogP contribution in [0.15, 0.2) is 29.3 Å². The number of hydrogen-bond acceptors (Lipinski definition) is 3. The maximum absolute atomic E-state index is 13.3. The number of halogens is 2. The molecule has 0 bridgehead atoms. The summed E-state index contributed by atoms with van der Waals surface area (Å²) in [6.07, 6.45) is 6.88. The van der Waals surface area contributed by atoms with Crippen molar-refractivity contribution in [3.05, 3.63) is 35.6 Å². The van der Waals surface area contributed by atoms with E-state index in [0.717, 1.165) is 64.6 Å². The molecular weight excluding hydrogens is 472 g/mol. The van der Waals surface area contributed by atoms with Crippen LogP contribution in [0.25, 0.3) is 0 Å². The van der Waals surface area contributed by atoms with E-state index in [2.05, 4.69) is 15.6 Å². The number of nitrogens with one attached hydrogen (secondary N) is 2. The summed E-state index contributed by atoms with van der Waals surface area (Å²) in [5.74, 6) is 0.635. The predicted octanol–water partition coefficient (Wildman–Crippen LogP) is 3.62.